The zero-order chi connectivity index (χ0) is 11.5. The van der Waals surface area contributed by atoms with E-state index in [1.165, 1.54) is 25.7 Å². The van der Waals surface area contributed by atoms with E-state index in [1.54, 1.807) is 0 Å². The lowest BCUT2D eigenvalue weighted by Gasteiger charge is -2.44. The van der Waals surface area contributed by atoms with Crippen molar-refractivity contribution >= 4 is 0 Å². The summed E-state index contributed by atoms with van der Waals surface area (Å²) >= 11 is 0. The molecule has 2 nitrogen and oxygen atoms in total. The Morgan fingerprint density at radius 3 is 2.53 bits per heavy atom. The van der Waals surface area contributed by atoms with Crippen LogP contribution >= 0.6 is 0 Å². The van der Waals surface area contributed by atoms with E-state index in [0.717, 1.165) is 18.4 Å². The summed E-state index contributed by atoms with van der Waals surface area (Å²) in [5.41, 5.74) is 6.21. The molecule has 4 unspecified atom stereocenters. The minimum Gasteiger partial charge on any atom is -0.329 e. The monoisotopic (exact) mass is 212 g/mol. The molecule has 0 saturated heterocycles. The number of hydrogen-bond acceptors (Lipinski definition) is 2. The maximum absolute atomic E-state index is 5.99. The lowest BCUT2D eigenvalue weighted by Crippen LogP contribution is -2.57. The molecule has 0 spiro atoms. The van der Waals surface area contributed by atoms with Crippen molar-refractivity contribution in [2.24, 2.45) is 17.6 Å². The molecule has 0 heterocycles. The van der Waals surface area contributed by atoms with Gasteiger partial charge in [0.25, 0.3) is 0 Å². The fourth-order valence-electron chi connectivity index (χ4n) is 2.71. The quantitative estimate of drug-likeness (QED) is 0.751. The molecule has 2 heteroatoms. The molecule has 1 aliphatic rings. The van der Waals surface area contributed by atoms with Gasteiger partial charge < -0.3 is 11.1 Å². The fourth-order valence-corrected chi connectivity index (χ4v) is 2.71. The zero-order valence-electron chi connectivity index (χ0n) is 10.8. The summed E-state index contributed by atoms with van der Waals surface area (Å²) in [6.45, 7) is 10.0. The molecule has 1 aliphatic carbocycles. The fraction of sp³-hybridized carbons (Fsp3) is 1.00. The van der Waals surface area contributed by atoms with Gasteiger partial charge >= 0.3 is 0 Å². The number of nitrogens with two attached hydrogens (primary N) is 1. The average Bonchev–Trinajstić information content (AvgIpc) is 2.23. The minimum atomic E-state index is 0.224. The lowest BCUT2D eigenvalue weighted by atomic mass is 9.71. The van der Waals surface area contributed by atoms with Crippen molar-refractivity contribution in [3.05, 3.63) is 0 Å². The molecule has 4 atom stereocenters. The van der Waals surface area contributed by atoms with Crippen molar-refractivity contribution in [3.8, 4) is 0 Å². The summed E-state index contributed by atoms with van der Waals surface area (Å²) in [4.78, 5) is 0. The van der Waals surface area contributed by atoms with Crippen LogP contribution in [0.5, 0.6) is 0 Å². The van der Waals surface area contributed by atoms with Gasteiger partial charge in [-0.1, -0.05) is 20.8 Å². The van der Waals surface area contributed by atoms with Crippen LogP contribution in [0.3, 0.4) is 0 Å². The molecule has 1 fully saturated rings. The molecular formula is C13H28N2. The van der Waals surface area contributed by atoms with Crippen molar-refractivity contribution < 1.29 is 0 Å². The molecule has 0 amide bonds. The van der Waals surface area contributed by atoms with E-state index in [1.807, 2.05) is 0 Å². The van der Waals surface area contributed by atoms with Crippen LogP contribution in [0.1, 0.15) is 53.4 Å². The molecule has 0 aliphatic heterocycles. The molecule has 0 radical (unpaired) electrons. The van der Waals surface area contributed by atoms with Gasteiger partial charge in [0.2, 0.25) is 0 Å². The average molecular weight is 212 g/mol. The summed E-state index contributed by atoms with van der Waals surface area (Å²) in [5, 5.41) is 3.76. The third-order valence-electron chi connectivity index (χ3n) is 4.32. The lowest BCUT2D eigenvalue weighted by molar-refractivity contribution is 0.135. The van der Waals surface area contributed by atoms with Gasteiger partial charge in [0.05, 0.1) is 0 Å². The van der Waals surface area contributed by atoms with Crippen LogP contribution in [0.15, 0.2) is 0 Å². The van der Waals surface area contributed by atoms with Crippen molar-refractivity contribution in [3.63, 3.8) is 0 Å². The van der Waals surface area contributed by atoms with E-state index >= 15 is 0 Å². The Balaban J connectivity index is 2.60. The van der Waals surface area contributed by atoms with Crippen LogP contribution in [-0.4, -0.2) is 18.1 Å². The predicted molar refractivity (Wildman–Crippen MR) is 66.9 cm³/mol. The van der Waals surface area contributed by atoms with Gasteiger partial charge in [-0.05, 0) is 44.4 Å². The van der Waals surface area contributed by atoms with Crippen LogP contribution < -0.4 is 11.1 Å². The molecule has 3 N–H and O–H groups in total. The Labute approximate surface area is 95.0 Å². The Kier molecular flexibility index (Phi) is 4.60. The number of nitrogens with one attached hydrogen (secondary N) is 1. The maximum atomic E-state index is 5.99. The van der Waals surface area contributed by atoms with E-state index in [0.29, 0.717) is 6.04 Å². The van der Waals surface area contributed by atoms with Gasteiger partial charge in [0.1, 0.15) is 0 Å². The normalized spacial score (nSPS) is 39.0. The highest BCUT2D eigenvalue weighted by Gasteiger charge is 2.36. The summed E-state index contributed by atoms with van der Waals surface area (Å²) in [6, 6.07) is 0.592. The second-order valence-electron chi connectivity index (χ2n) is 5.64. The zero-order valence-corrected chi connectivity index (χ0v) is 10.8. The first-order valence-electron chi connectivity index (χ1n) is 6.50. The van der Waals surface area contributed by atoms with Gasteiger partial charge in [-0.15, -0.1) is 0 Å². The Morgan fingerprint density at radius 2 is 2.07 bits per heavy atom. The van der Waals surface area contributed by atoms with Crippen LogP contribution in [-0.2, 0) is 0 Å². The Morgan fingerprint density at radius 1 is 1.40 bits per heavy atom. The van der Waals surface area contributed by atoms with Crippen LogP contribution in [0, 0.1) is 11.8 Å². The summed E-state index contributed by atoms with van der Waals surface area (Å²) < 4.78 is 0. The van der Waals surface area contributed by atoms with Gasteiger partial charge in [-0.25, -0.2) is 0 Å². The standard InChI is InChI=1S/C13H28N2/c1-5-12(4)15-13(9-14)7-6-10(2)11(3)8-13/h10-12,15H,5-9,14H2,1-4H3. The highest BCUT2D eigenvalue weighted by Crippen LogP contribution is 2.36. The third-order valence-corrected chi connectivity index (χ3v) is 4.32. The van der Waals surface area contributed by atoms with Gasteiger partial charge in [-0.2, -0.15) is 0 Å². The highest BCUT2D eigenvalue weighted by molar-refractivity contribution is 4.96. The maximum Gasteiger partial charge on any atom is 0.0309 e. The van der Waals surface area contributed by atoms with Gasteiger partial charge in [-0.3, -0.25) is 0 Å². The molecule has 15 heavy (non-hydrogen) atoms. The first-order valence-corrected chi connectivity index (χ1v) is 6.50. The van der Waals surface area contributed by atoms with Crippen LogP contribution in [0.4, 0.5) is 0 Å². The Hall–Kier alpha value is -0.0800. The molecular weight excluding hydrogens is 184 g/mol. The number of hydrogen-bond donors (Lipinski definition) is 2. The highest BCUT2D eigenvalue weighted by atomic mass is 15.0. The molecule has 90 valence electrons. The van der Waals surface area contributed by atoms with E-state index in [2.05, 4.69) is 33.0 Å². The smallest absolute Gasteiger partial charge is 0.0309 e. The largest absolute Gasteiger partial charge is 0.329 e. The van der Waals surface area contributed by atoms with Crippen molar-refractivity contribution in [1.29, 1.82) is 0 Å². The van der Waals surface area contributed by atoms with E-state index in [9.17, 15) is 0 Å². The predicted octanol–water partition coefficient (Wildman–Crippen LogP) is 2.53. The summed E-state index contributed by atoms with van der Waals surface area (Å²) in [5.74, 6) is 1.67. The summed E-state index contributed by atoms with van der Waals surface area (Å²) in [7, 11) is 0. The minimum absolute atomic E-state index is 0.224. The van der Waals surface area contributed by atoms with E-state index < -0.39 is 0 Å². The first kappa shape index (κ1) is 13.0. The SMILES string of the molecule is CCC(C)NC1(CN)CCC(C)C(C)C1. The van der Waals surface area contributed by atoms with E-state index in [-0.39, 0.29) is 5.54 Å². The molecule has 0 aromatic carbocycles. The van der Waals surface area contributed by atoms with Crippen molar-refractivity contribution in [1.82, 2.24) is 5.32 Å². The molecule has 0 aromatic heterocycles. The third kappa shape index (κ3) is 3.18. The second kappa shape index (κ2) is 5.31. The topological polar surface area (TPSA) is 38.0 Å². The second-order valence-corrected chi connectivity index (χ2v) is 5.64. The molecule has 0 bridgehead atoms. The van der Waals surface area contributed by atoms with Crippen molar-refractivity contribution in [2.45, 2.75) is 65.0 Å². The Bertz CT molecular complexity index is 189. The van der Waals surface area contributed by atoms with E-state index in [4.69, 9.17) is 5.73 Å². The first-order chi connectivity index (χ1) is 7.03. The molecule has 1 rings (SSSR count). The van der Waals surface area contributed by atoms with Gasteiger partial charge in [0, 0.05) is 18.1 Å². The van der Waals surface area contributed by atoms with Crippen molar-refractivity contribution in [2.75, 3.05) is 6.54 Å². The van der Waals surface area contributed by atoms with Gasteiger partial charge in [0.15, 0.2) is 0 Å². The van der Waals surface area contributed by atoms with Crippen LogP contribution in [0.2, 0.25) is 0 Å². The van der Waals surface area contributed by atoms with Crippen LogP contribution in [0.25, 0.3) is 0 Å². The molecule has 1 saturated carbocycles. The number of rotatable bonds is 4. The summed E-state index contributed by atoms with van der Waals surface area (Å²) in [6.07, 6.45) is 5.00. The molecule has 0 aromatic rings.